The van der Waals surface area contributed by atoms with Crippen LogP contribution in [0, 0.1) is 13.8 Å². The Morgan fingerprint density at radius 1 is 0.789 bits per heavy atom. The van der Waals surface area contributed by atoms with Gasteiger partial charge in [0, 0.05) is 17.8 Å². The fraction of sp³-hybridized carbons (Fsp3) is 0.600. The zero-order chi connectivity index (χ0) is 14.2. The van der Waals surface area contributed by atoms with E-state index in [4.69, 9.17) is 0 Å². The minimum Gasteiger partial charge on any atom is -0.346 e. The molecule has 0 fully saturated rings. The normalized spacial score (nSPS) is 11.8. The first-order valence-corrected chi connectivity index (χ1v) is 6.99. The highest BCUT2D eigenvalue weighted by Gasteiger charge is 2.17. The maximum atomic E-state index is 4.60. The van der Waals surface area contributed by atoms with Crippen molar-refractivity contribution >= 4 is 0 Å². The molecule has 2 N–H and O–H groups in total. The van der Waals surface area contributed by atoms with Crippen LogP contribution >= 0.6 is 0 Å². The molecule has 2 aromatic rings. The summed E-state index contributed by atoms with van der Waals surface area (Å²) in [7, 11) is 0. The Morgan fingerprint density at radius 3 is 1.47 bits per heavy atom. The average Bonchev–Trinajstić information content (AvgIpc) is 2.82. The Hall–Kier alpha value is -1.58. The van der Waals surface area contributed by atoms with Crippen LogP contribution in [0.5, 0.6) is 0 Å². The highest BCUT2D eigenvalue weighted by Crippen LogP contribution is 2.23. The van der Waals surface area contributed by atoms with Crippen molar-refractivity contribution in [3.63, 3.8) is 0 Å². The summed E-state index contributed by atoms with van der Waals surface area (Å²) in [6, 6.07) is 0. The van der Waals surface area contributed by atoms with Crippen LogP contribution in [0.15, 0.2) is 0 Å². The van der Waals surface area contributed by atoms with Gasteiger partial charge in [-0.25, -0.2) is 9.97 Å². The van der Waals surface area contributed by atoms with E-state index in [0.29, 0.717) is 11.8 Å². The Labute approximate surface area is 115 Å². The summed E-state index contributed by atoms with van der Waals surface area (Å²) in [4.78, 5) is 16.0. The van der Waals surface area contributed by atoms with E-state index >= 15 is 0 Å². The molecule has 4 heteroatoms. The molecule has 4 nitrogen and oxygen atoms in total. The lowest BCUT2D eigenvalue weighted by atomic mass is 10.0. The highest BCUT2D eigenvalue weighted by atomic mass is 15.0. The van der Waals surface area contributed by atoms with Gasteiger partial charge in [-0.2, -0.15) is 0 Å². The van der Waals surface area contributed by atoms with Crippen molar-refractivity contribution < 1.29 is 0 Å². The van der Waals surface area contributed by atoms with Crippen LogP contribution in [0.25, 0.3) is 0 Å². The van der Waals surface area contributed by atoms with E-state index in [1.165, 1.54) is 22.8 Å². The number of hydrogen-bond donors (Lipinski definition) is 2. The lowest BCUT2D eigenvalue weighted by Gasteiger charge is -2.07. The number of nitrogens with zero attached hydrogens (tertiary/aromatic N) is 2. The molecule has 0 saturated heterocycles. The summed E-state index contributed by atoms with van der Waals surface area (Å²) in [6.07, 6.45) is 0.850. The van der Waals surface area contributed by atoms with E-state index in [-0.39, 0.29) is 0 Å². The topological polar surface area (TPSA) is 57.4 Å². The second kappa shape index (κ2) is 5.19. The van der Waals surface area contributed by atoms with Crippen molar-refractivity contribution in [2.75, 3.05) is 0 Å². The van der Waals surface area contributed by atoms with Crippen molar-refractivity contribution in [3.8, 4) is 0 Å². The average molecular weight is 260 g/mol. The molecule has 0 atom stereocenters. The van der Waals surface area contributed by atoms with Crippen LogP contribution < -0.4 is 0 Å². The summed E-state index contributed by atoms with van der Waals surface area (Å²) in [6.45, 7) is 12.7. The number of aryl methyl sites for hydroxylation is 2. The second-order valence-corrected chi connectivity index (χ2v) is 5.86. The Balaban J connectivity index is 2.36. The maximum absolute atomic E-state index is 4.60. The van der Waals surface area contributed by atoms with E-state index in [9.17, 15) is 0 Å². The van der Waals surface area contributed by atoms with Gasteiger partial charge >= 0.3 is 0 Å². The van der Waals surface area contributed by atoms with Gasteiger partial charge in [0.1, 0.15) is 11.6 Å². The van der Waals surface area contributed by atoms with Gasteiger partial charge in [-0.1, -0.05) is 27.7 Å². The molecule has 104 valence electrons. The quantitative estimate of drug-likeness (QED) is 0.882. The van der Waals surface area contributed by atoms with Crippen molar-refractivity contribution in [3.05, 3.63) is 34.4 Å². The van der Waals surface area contributed by atoms with Crippen LogP contribution in [0.1, 0.15) is 74.0 Å². The van der Waals surface area contributed by atoms with Crippen LogP contribution in [0.2, 0.25) is 0 Å². The third-order valence-corrected chi connectivity index (χ3v) is 3.31. The van der Waals surface area contributed by atoms with E-state index in [2.05, 4.69) is 47.6 Å². The number of imidazole rings is 2. The summed E-state index contributed by atoms with van der Waals surface area (Å²) >= 11 is 0. The van der Waals surface area contributed by atoms with Gasteiger partial charge in [0.2, 0.25) is 0 Å². The molecule has 0 spiro atoms. The second-order valence-electron chi connectivity index (χ2n) is 5.86. The van der Waals surface area contributed by atoms with E-state index in [0.717, 1.165) is 18.1 Å². The predicted octanol–water partition coefficient (Wildman–Crippen LogP) is 3.59. The van der Waals surface area contributed by atoms with Gasteiger partial charge in [0.15, 0.2) is 0 Å². The SMILES string of the molecule is Cc1nc(C(C)C)c(Cc2[nH]c(C)nc2C(C)C)[nH]1. The summed E-state index contributed by atoms with van der Waals surface area (Å²) in [5, 5.41) is 0. The summed E-state index contributed by atoms with van der Waals surface area (Å²) in [5.41, 5.74) is 4.75. The van der Waals surface area contributed by atoms with E-state index in [1.54, 1.807) is 0 Å². The largest absolute Gasteiger partial charge is 0.346 e. The maximum Gasteiger partial charge on any atom is 0.103 e. The first kappa shape index (κ1) is 13.8. The molecule has 0 unspecified atom stereocenters. The molecule has 0 saturated carbocycles. The Morgan fingerprint density at radius 2 is 1.16 bits per heavy atom. The molecule has 0 amide bonds. The first-order chi connectivity index (χ1) is 8.88. The standard InChI is InChI=1S/C15H24N4/c1-8(2)14-12(16-10(5)18-14)7-13-15(9(3)4)19-11(6)17-13/h8-9H,7H2,1-6H3,(H,16,18)(H,17,19). The van der Waals surface area contributed by atoms with Crippen molar-refractivity contribution in [1.82, 2.24) is 19.9 Å². The first-order valence-electron chi connectivity index (χ1n) is 6.99. The van der Waals surface area contributed by atoms with Crippen molar-refractivity contribution in [2.24, 2.45) is 0 Å². The number of nitrogens with one attached hydrogen (secondary N) is 2. The molecular formula is C15H24N4. The van der Waals surface area contributed by atoms with Gasteiger partial charge in [-0.05, 0) is 25.7 Å². The molecule has 19 heavy (non-hydrogen) atoms. The smallest absolute Gasteiger partial charge is 0.103 e. The summed E-state index contributed by atoms with van der Waals surface area (Å²) < 4.78 is 0. The molecule has 0 aliphatic rings. The highest BCUT2D eigenvalue weighted by molar-refractivity contribution is 5.27. The third-order valence-electron chi connectivity index (χ3n) is 3.31. The Bertz CT molecular complexity index is 510. The molecule has 0 aliphatic carbocycles. The van der Waals surface area contributed by atoms with Crippen LogP contribution in [-0.4, -0.2) is 19.9 Å². The lowest BCUT2D eigenvalue weighted by molar-refractivity contribution is 0.793. The molecule has 0 aromatic carbocycles. The summed E-state index contributed by atoms with van der Waals surface area (Å²) in [5.74, 6) is 2.85. The van der Waals surface area contributed by atoms with Crippen LogP contribution in [-0.2, 0) is 6.42 Å². The van der Waals surface area contributed by atoms with Crippen molar-refractivity contribution in [2.45, 2.75) is 59.8 Å². The molecule has 2 rings (SSSR count). The molecule has 0 radical (unpaired) electrons. The Kier molecular flexibility index (Phi) is 3.78. The molecule has 2 heterocycles. The van der Waals surface area contributed by atoms with Gasteiger partial charge in [-0.15, -0.1) is 0 Å². The third kappa shape index (κ3) is 2.88. The van der Waals surface area contributed by atoms with Gasteiger partial charge in [0.25, 0.3) is 0 Å². The van der Waals surface area contributed by atoms with E-state index < -0.39 is 0 Å². The van der Waals surface area contributed by atoms with Crippen molar-refractivity contribution in [1.29, 1.82) is 0 Å². The monoisotopic (exact) mass is 260 g/mol. The molecule has 2 aromatic heterocycles. The predicted molar refractivity (Wildman–Crippen MR) is 77.6 cm³/mol. The number of aromatic nitrogens is 4. The minimum atomic E-state index is 0.437. The van der Waals surface area contributed by atoms with Gasteiger partial charge < -0.3 is 9.97 Å². The van der Waals surface area contributed by atoms with Crippen LogP contribution in [0.3, 0.4) is 0 Å². The minimum absolute atomic E-state index is 0.437. The van der Waals surface area contributed by atoms with Gasteiger partial charge in [-0.3, -0.25) is 0 Å². The number of hydrogen-bond acceptors (Lipinski definition) is 2. The van der Waals surface area contributed by atoms with Gasteiger partial charge in [0.05, 0.1) is 11.4 Å². The fourth-order valence-electron chi connectivity index (χ4n) is 2.52. The number of H-pyrrole nitrogens is 2. The molecule has 0 bridgehead atoms. The lowest BCUT2D eigenvalue weighted by Crippen LogP contribution is -2.01. The zero-order valence-electron chi connectivity index (χ0n) is 12.8. The van der Waals surface area contributed by atoms with E-state index in [1.807, 2.05) is 13.8 Å². The number of rotatable bonds is 4. The molecular weight excluding hydrogens is 236 g/mol. The zero-order valence-corrected chi connectivity index (χ0v) is 12.8. The number of aromatic amines is 2. The van der Waals surface area contributed by atoms with Crippen LogP contribution in [0.4, 0.5) is 0 Å². The molecule has 0 aliphatic heterocycles. The fourth-order valence-corrected chi connectivity index (χ4v) is 2.52.